The molecular formula is C16H16N2O3. The van der Waals surface area contributed by atoms with Crippen molar-refractivity contribution in [3.05, 3.63) is 53.2 Å². The lowest BCUT2D eigenvalue weighted by Crippen LogP contribution is -2.22. The largest absolute Gasteiger partial charge is 0.444 e. The van der Waals surface area contributed by atoms with Gasteiger partial charge in [0.2, 0.25) is 5.89 Å². The lowest BCUT2D eigenvalue weighted by Gasteiger charge is -2.02. The standard InChI is InChI=1S/C16H16N2O3/c1-2-14-10-17-15(21-14)11-18-16(20)13-7-5-12(6-8-13)4-3-9-19/h5-8,10,19H,2,9,11H2,1H3,(H,18,20). The molecule has 0 bridgehead atoms. The van der Waals surface area contributed by atoms with E-state index in [-0.39, 0.29) is 19.1 Å². The van der Waals surface area contributed by atoms with Crippen LogP contribution in [0.15, 0.2) is 34.9 Å². The summed E-state index contributed by atoms with van der Waals surface area (Å²) in [6, 6.07) is 6.84. The Bertz CT molecular complexity index is 663. The van der Waals surface area contributed by atoms with E-state index >= 15 is 0 Å². The Morgan fingerprint density at radius 3 is 2.76 bits per heavy atom. The van der Waals surface area contributed by atoms with Crippen molar-refractivity contribution in [2.45, 2.75) is 19.9 Å². The predicted octanol–water partition coefficient (Wildman–Crippen LogP) is 1.51. The lowest BCUT2D eigenvalue weighted by atomic mass is 10.1. The average Bonchev–Trinajstić information content (AvgIpc) is 2.99. The summed E-state index contributed by atoms with van der Waals surface area (Å²) >= 11 is 0. The smallest absolute Gasteiger partial charge is 0.251 e. The Labute approximate surface area is 123 Å². The molecule has 0 aliphatic heterocycles. The van der Waals surface area contributed by atoms with Crippen LogP contribution in [0.25, 0.3) is 0 Å². The van der Waals surface area contributed by atoms with Gasteiger partial charge in [0.05, 0.1) is 12.7 Å². The van der Waals surface area contributed by atoms with Gasteiger partial charge in [-0.2, -0.15) is 0 Å². The second kappa shape index (κ2) is 7.27. The predicted molar refractivity (Wildman–Crippen MR) is 77.5 cm³/mol. The van der Waals surface area contributed by atoms with Gasteiger partial charge in [0.25, 0.3) is 5.91 Å². The molecule has 0 saturated heterocycles. The Morgan fingerprint density at radius 2 is 2.14 bits per heavy atom. The fourth-order valence-corrected chi connectivity index (χ4v) is 1.70. The van der Waals surface area contributed by atoms with Crippen molar-refractivity contribution in [3.63, 3.8) is 0 Å². The van der Waals surface area contributed by atoms with Crippen molar-refractivity contribution in [3.8, 4) is 11.8 Å². The molecule has 21 heavy (non-hydrogen) atoms. The molecule has 1 aromatic carbocycles. The normalized spacial score (nSPS) is 9.81. The summed E-state index contributed by atoms with van der Waals surface area (Å²) in [5.74, 6) is 6.41. The van der Waals surface area contributed by atoms with Gasteiger partial charge in [0, 0.05) is 17.5 Å². The minimum absolute atomic E-state index is 0.182. The van der Waals surface area contributed by atoms with E-state index in [1.54, 1.807) is 30.5 Å². The second-order valence-corrected chi connectivity index (χ2v) is 4.29. The van der Waals surface area contributed by atoms with Crippen LogP contribution < -0.4 is 5.32 Å². The topological polar surface area (TPSA) is 75.4 Å². The molecule has 0 spiro atoms. The summed E-state index contributed by atoms with van der Waals surface area (Å²) in [5.41, 5.74) is 1.28. The van der Waals surface area contributed by atoms with Crippen LogP contribution in [0.1, 0.15) is 34.5 Å². The molecule has 1 aromatic heterocycles. The van der Waals surface area contributed by atoms with Crippen LogP contribution in [-0.4, -0.2) is 22.6 Å². The molecule has 2 aromatic rings. The number of rotatable bonds is 4. The van der Waals surface area contributed by atoms with Crippen molar-refractivity contribution in [2.24, 2.45) is 0 Å². The zero-order valence-corrected chi connectivity index (χ0v) is 11.7. The highest BCUT2D eigenvalue weighted by Crippen LogP contribution is 2.06. The van der Waals surface area contributed by atoms with Crippen LogP contribution in [0.5, 0.6) is 0 Å². The molecular weight excluding hydrogens is 268 g/mol. The van der Waals surface area contributed by atoms with Crippen LogP contribution in [0.4, 0.5) is 0 Å². The van der Waals surface area contributed by atoms with Gasteiger partial charge in [-0.1, -0.05) is 18.8 Å². The average molecular weight is 284 g/mol. The SMILES string of the molecule is CCc1cnc(CNC(=O)c2ccc(C#CCO)cc2)o1. The van der Waals surface area contributed by atoms with Crippen molar-refractivity contribution < 1.29 is 14.3 Å². The Hall–Kier alpha value is -2.58. The van der Waals surface area contributed by atoms with Gasteiger partial charge in [-0.05, 0) is 24.3 Å². The molecule has 0 saturated carbocycles. The maximum atomic E-state index is 12.0. The summed E-state index contributed by atoms with van der Waals surface area (Å²) in [5, 5.41) is 11.4. The number of aryl methyl sites for hydroxylation is 1. The maximum Gasteiger partial charge on any atom is 0.251 e. The van der Waals surface area contributed by atoms with Crippen molar-refractivity contribution in [1.29, 1.82) is 0 Å². The van der Waals surface area contributed by atoms with E-state index in [2.05, 4.69) is 22.1 Å². The number of aliphatic hydroxyl groups is 1. The van der Waals surface area contributed by atoms with Crippen molar-refractivity contribution in [2.75, 3.05) is 6.61 Å². The van der Waals surface area contributed by atoms with Gasteiger partial charge in [-0.25, -0.2) is 4.98 Å². The van der Waals surface area contributed by atoms with Crippen LogP contribution in [0, 0.1) is 11.8 Å². The summed E-state index contributed by atoms with van der Waals surface area (Å²) < 4.78 is 5.41. The first kappa shape index (κ1) is 14.8. The molecule has 0 radical (unpaired) electrons. The van der Waals surface area contributed by atoms with E-state index in [1.807, 2.05) is 6.92 Å². The van der Waals surface area contributed by atoms with Crippen molar-refractivity contribution >= 4 is 5.91 Å². The molecule has 0 atom stereocenters. The molecule has 0 fully saturated rings. The Balaban J connectivity index is 1.93. The number of nitrogens with zero attached hydrogens (tertiary/aromatic N) is 1. The molecule has 2 rings (SSSR count). The number of carbonyl (C=O) groups is 1. The quantitative estimate of drug-likeness (QED) is 0.835. The summed E-state index contributed by atoms with van der Waals surface area (Å²) in [6.07, 6.45) is 2.44. The summed E-state index contributed by atoms with van der Waals surface area (Å²) in [4.78, 5) is 16.0. The number of hydrogen-bond donors (Lipinski definition) is 2. The fourth-order valence-electron chi connectivity index (χ4n) is 1.70. The third-order valence-corrected chi connectivity index (χ3v) is 2.81. The number of carbonyl (C=O) groups excluding carboxylic acids is 1. The van der Waals surface area contributed by atoms with Crippen LogP contribution in [0.2, 0.25) is 0 Å². The van der Waals surface area contributed by atoms with Gasteiger partial charge in [-0.15, -0.1) is 0 Å². The maximum absolute atomic E-state index is 12.0. The van der Waals surface area contributed by atoms with E-state index < -0.39 is 0 Å². The molecule has 108 valence electrons. The van der Waals surface area contributed by atoms with Crippen LogP contribution in [-0.2, 0) is 13.0 Å². The first-order chi connectivity index (χ1) is 10.2. The zero-order valence-electron chi connectivity index (χ0n) is 11.7. The first-order valence-corrected chi connectivity index (χ1v) is 6.64. The molecule has 2 N–H and O–H groups in total. The number of aromatic nitrogens is 1. The minimum atomic E-state index is -0.201. The van der Waals surface area contributed by atoms with Gasteiger partial charge >= 0.3 is 0 Å². The van der Waals surface area contributed by atoms with Gasteiger partial charge in [0.15, 0.2) is 0 Å². The minimum Gasteiger partial charge on any atom is -0.444 e. The third-order valence-electron chi connectivity index (χ3n) is 2.81. The van der Waals surface area contributed by atoms with E-state index in [0.29, 0.717) is 11.5 Å². The highest BCUT2D eigenvalue weighted by Gasteiger charge is 2.07. The van der Waals surface area contributed by atoms with E-state index in [4.69, 9.17) is 9.52 Å². The lowest BCUT2D eigenvalue weighted by molar-refractivity contribution is 0.0947. The molecule has 0 aliphatic rings. The molecule has 1 amide bonds. The number of amides is 1. The monoisotopic (exact) mass is 284 g/mol. The molecule has 5 nitrogen and oxygen atoms in total. The Kier molecular flexibility index (Phi) is 5.13. The van der Waals surface area contributed by atoms with Gasteiger partial charge in [0.1, 0.15) is 12.4 Å². The van der Waals surface area contributed by atoms with Crippen LogP contribution >= 0.6 is 0 Å². The van der Waals surface area contributed by atoms with Gasteiger partial charge < -0.3 is 14.8 Å². The summed E-state index contributed by atoms with van der Waals surface area (Å²) in [7, 11) is 0. The van der Waals surface area contributed by atoms with E-state index in [0.717, 1.165) is 17.7 Å². The highest BCUT2D eigenvalue weighted by molar-refractivity contribution is 5.94. The second-order valence-electron chi connectivity index (χ2n) is 4.29. The van der Waals surface area contributed by atoms with E-state index in [9.17, 15) is 4.79 Å². The molecule has 0 aliphatic carbocycles. The molecule has 1 heterocycles. The highest BCUT2D eigenvalue weighted by atomic mass is 16.4. The number of benzene rings is 1. The summed E-state index contributed by atoms with van der Waals surface area (Å²) in [6.45, 7) is 2.05. The Morgan fingerprint density at radius 1 is 1.38 bits per heavy atom. The van der Waals surface area contributed by atoms with Gasteiger partial charge in [-0.3, -0.25) is 4.79 Å². The van der Waals surface area contributed by atoms with Crippen molar-refractivity contribution in [1.82, 2.24) is 10.3 Å². The number of oxazole rings is 1. The number of aliphatic hydroxyl groups excluding tert-OH is 1. The first-order valence-electron chi connectivity index (χ1n) is 6.64. The molecule has 0 unspecified atom stereocenters. The zero-order chi connectivity index (χ0) is 15.1. The van der Waals surface area contributed by atoms with E-state index in [1.165, 1.54) is 0 Å². The number of hydrogen-bond acceptors (Lipinski definition) is 4. The van der Waals surface area contributed by atoms with Crippen LogP contribution in [0.3, 0.4) is 0 Å². The fraction of sp³-hybridized carbons (Fsp3) is 0.250. The molecule has 5 heteroatoms. The number of nitrogens with one attached hydrogen (secondary N) is 1. The third kappa shape index (κ3) is 4.20.